The molecule has 1 atom stereocenters. The molecular formula is C17H24F2N2O. The summed E-state index contributed by atoms with van der Waals surface area (Å²) in [5.74, 6) is -1.51. The van der Waals surface area contributed by atoms with Crippen molar-refractivity contribution in [3.63, 3.8) is 0 Å². The Bertz CT molecular complexity index is 507. The SMILES string of the molecule is CC(C)C(CN1CCCC1)N(C)C(=O)c1cc(F)cc(F)c1. The first-order chi connectivity index (χ1) is 10.4. The molecule has 1 aliphatic heterocycles. The predicted octanol–water partition coefficient (Wildman–Crippen LogP) is 3.16. The number of likely N-dealkylation sites (N-methyl/N-ethyl adjacent to an activating group) is 1. The average Bonchev–Trinajstić information content (AvgIpc) is 2.95. The third-order valence-corrected chi connectivity index (χ3v) is 4.34. The molecule has 1 unspecified atom stereocenters. The van der Waals surface area contributed by atoms with E-state index in [4.69, 9.17) is 0 Å². The molecule has 0 aliphatic carbocycles. The van der Waals surface area contributed by atoms with Crippen LogP contribution in [0.3, 0.4) is 0 Å². The highest BCUT2D eigenvalue weighted by Gasteiger charge is 2.27. The smallest absolute Gasteiger partial charge is 0.254 e. The first kappa shape index (κ1) is 16.9. The molecule has 1 fully saturated rings. The summed E-state index contributed by atoms with van der Waals surface area (Å²) in [6.07, 6.45) is 2.38. The van der Waals surface area contributed by atoms with Crippen LogP contribution in [-0.2, 0) is 0 Å². The number of hydrogen-bond acceptors (Lipinski definition) is 2. The fourth-order valence-electron chi connectivity index (χ4n) is 3.04. The minimum atomic E-state index is -0.725. The molecule has 0 saturated carbocycles. The van der Waals surface area contributed by atoms with Crippen molar-refractivity contribution in [2.24, 2.45) is 5.92 Å². The van der Waals surface area contributed by atoms with Gasteiger partial charge in [-0.05, 0) is 44.0 Å². The largest absolute Gasteiger partial charge is 0.337 e. The molecule has 0 spiro atoms. The van der Waals surface area contributed by atoms with Crippen molar-refractivity contribution in [2.45, 2.75) is 32.7 Å². The molecule has 5 heteroatoms. The lowest BCUT2D eigenvalue weighted by molar-refractivity contribution is 0.0640. The second-order valence-electron chi connectivity index (χ2n) is 6.39. The van der Waals surface area contributed by atoms with E-state index >= 15 is 0 Å². The van der Waals surface area contributed by atoms with Crippen molar-refractivity contribution in [3.05, 3.63) is 35.4 Å². The maximum absolute atomic E-state index is 13.3. The summed E-state index contributed by atoms with van der Waals surface area (Å²) in [6, 6.07) is 2.99. The van der Waals surface area contributed by atoms with Crippen molar-refractivity contribution in [2.75, 3.05) is 26.7 Å². The van der Waals surface area contributed by atoms with Crippen LogP contribution < -0.4 is 0 Å². The Labute approximate surface area is 130 Å². The molecule has 3 nitrogen and oxygen atoms in total. The van der Waals surface area contributed by atoms with Gasteiger partial charge in [-0.1, -0.05) is 13.8 Å². The maximum Gasteiger partial charge on any atom is 0.254 e. The van der Waals surface area contributed by atoms with Gasteiger partial charge in [-0.2, -0.15) is 0 Å². The van der Waals surface area contributed by atoms with Crippen LogP contribution in [0.2, 0.25) is 0 Å². The number of rotatable bonds is 5. The highest BCUT2D eigenvalue weighted by molar-refractivity contribution is 5.94. The Morgan fingerprint density at radius 3 is 2.23 bits per heavy atom. The van der Waals surface area contributed by atoms with Crippen molar-refractivity contribution in [1.29, 1.82) is 0 Å². The molecule has 122 valence electrons. The van der Waals surface area contributed by atoms with Gasteiger partial charge in [-0.25, -0.2) is 8.78 Å². The highest BCUT2D eigenvalue weighted by atomic mass is 19.1. The van der Waals surface area contributed by atoms with Gasteiger partial charge in [0.15, 0.2) is 0 Å². The first-order valence-corrected chi connectivity index (χ1v) is 7.84. The number of carbonyl (C=O) groups is 1. The summed E-state index contributed by atoms with van der Waals surface area (Å²) in [5.41, 5.74) is 0.0621. The number of nitrogens with zero attached hydrogens (tertiary/aromatic N) is 2. The molecular weight excluding hydrogens is 286 g/mol. The van der Waals surface area contributed by atoms with Gasteiger partial charge in [0.2, 0.25) is 0 Å². The standard InChI is InChI=1S/C17H24F2N2O/c1-12(2)16(11-21-6-4-5-7-21)20(3)17(22)13-8-14(18)10-15(19)9-13/h8-10,12,16H,4-7,11H2,1-3H3. The Morgan fingerprint density at radius 2 is 1.73 bits per heavy atom. The van der Waals surface area contributed by atoms with Crippen molar-refractivity contribution >= 4 is 5.91 Å². The highest BCUT2D eigenvalue weighted by Crippen LogP contribution is 2.18. The Morgan fingerprint density at radius 1 is 1.18 bits per heavy atom. The van der Waals surface area contributed by atoms with Crippen LogP contribution in [0.1, 0.15) is 37.0 Å². The van der Waals surface area contributed by atoms with E-state index in [2.05, 4.69) is 18.7 Å². The van der Waals surface area contributed by atoms with E-state index in [9.17, 15) is 13.6 Å². The zero-order valence-electron chi connectivity index (χ0n) is 13.5. The molecule has 1 aromatic rings. The fraction of sp³-hybridized carbons (Fsp3) is 0.588. The van der Waals surface area contributed by atoms with Gasteiger partial charge in [0.05, 0.1) is 0 Å². The first-order valence-electron chi connectivity index (χ1n) is 7.84. The summed E-state index contributed by atoms with van der Waals surface area (Å²) in [4.78, 5) is 16.5. The normalized spacial score (nSPS) is 17.0. The molecule has 0 aromatic heterocycles. The van der Waals surface area contributed by atoms with E-state index in [1.807, 2.05) is 0 Å². The van der Waals surface area contributed by atoms with E-state index in [-0.39, 0.29) is 23.4 Å². The van der Waals surface area contributed by atoms with Gasteiger partial charge in [0.1, 0.15) is 11.6 Å². The third-order valence-electron chi connectivity index (χ3n) is 4.34. The van der Waals surface area contributed by atoms with E-state index in [1.54, 1.807) is 11.9 Å². The van der Waals surface area contributed by atoms with Crippen LogP contribution in [0.5, 0.6) is 0 Å². The van der Waals surface area contributed by atoms with Crippen molar-refractivity contribution in [1.82, 2.24) is 9.80 Å². The van der Waals surface area contributed by atoms with Gasteiger partial charge in [0, 0.05) is 31.3 Å². The Hall–Kier alpha value is -1.49. The molecule has 0 bridgehead atoms. The number of carbonyl (C=O) groups excluding carboxylic acids is 1. The summed E-state index contributed by atoms with van der Waals surface area (Å²) in [5, 5.41) is 0. The van der Waals surface area contributed by atoms with E-state index in [0.717, 1.165) is 37.8 Å². The molecule has 1 aromatic carbocycles. The number of hydrogen-bond donors (Lipinski definition) is 0. The van der Waals surface area contributed by atoms with Crippen molar-refractivity contribution in [3.8, 4) is 0 Å². The molecule has 1 saturated heterocycles. The fourth-order valence-corrected chi connectivity index (χ4v) is 3.04. The summed E-state index contributed by atoms with van der Waals surface area (Å²) < 4.78 is 26.6. The summed E-state index contributed by atoms with van der Waals surface area (Å²) in [7, 11) is 1.71. The summed E-state index contributed by atoms with van der Waals surface area (Å²) in [6.45, 7) is 7.05. The zero-order chi connectivity index (χ0) is 16.3. The Kier molecular flexibility index (Phi) is 5.51. The lowest BCUT2D eigenvalue weighted by Crippen LogP contribution is -2.47. The van der Waals surface area contributed by atoms with Crippen LogP contribution >= 0.6 is 0 Å². The predicted molar refractivity (Wildman–Crippen MR) is 82.8 cm³/mol. The number of benzene rings is 1. The monoisotopic (exact) mass is 310 g/mol. The lowest BCUT2D eigenvalue weighted by Gasteiger charge is -2.34. The van der Waals surface area contributed by atoms with E-state index < -0.39 is 11.6 Å². The molecule has 1 amide bonds. The van der Waals surface area contributed by atoms with Crippen LogP contribution in [0, 0.1) is 17.6 Å². The number of likely N-dealkylation sites (tertiary alicyclic amines) is 1. The molecule has 1 heterocycles. The Balaban J connectivity index is 2.14. The van der Waals surface area contributed by atoms with E-state index in [0.29, 0.717) is 0 Å². The maximum atomic E-state index is 13.3. The third kappa shape index (κ3) is 4.03. The van der Waals surface area contributed by atoms with Gasteiger partial charge in [0.25, 0.3) is 5.91 Å². The minimum absolute atomic E-state index is 0.0249. The van der Waals surface area contributed by atoms with Gasteiger partial charge in [-0.3, -0.25) is 4.79 Å². The quantitative estimate of drug-likeness (QED) is 0.834. The van der Waals surface area contributed by atoms with Crippen LogP contribution in [0.25, 0.3) is 0 Å². The summed E-state index contributed by atoms with van der Waals surface area (Å²) >= 11 is 0. The molecule has 22 heavy (non-hydrogen) atoms. The van der Waals surface area contributed by atoms with Crippen LogP contribution in [-0.4, -0.2) is 48.4 Å². The lowest BCUT2D eigenvalue weighted by atomic mass is 10.0. The van der Waals surface area contributed by atoms with Crippen LogP contribution in [0.4, 0.5) is 8.78 Å². The van der Waals surface area contributed by atoms with Gasteiger partial charge >= 0.3 is 0 Å². The van der Waals surface area contributed by atoms with E-state index in [1.165, 1.54) is 12.8 Å². The average molecular weight is 310 g/mol. The second-order valence-corrected chi connectivity index (χ2v) is 6.39. The number of amides is 1. The van der Waals surface area contributed by atoms with Gasteiger partial charge in [-0.15, -0.1) is 0 Å². The number of halogens is 2. The zero-order valence-corrected chi connectivity index (χ0v) is 13.5. The molecule has 0 radical (unpaired) electrons. The minimum Gasteiger partial charge on any atom is -0.337 e. The molecule has 1 aliphatic rings. The topological polar surface area (TPSA) is 23.6 Å². The van der Waals surface area contributed by atoms with Gasteiger partial charge < -0.3 is 9.80 Å². The molecule has 0 N–H and O–H groups in total. The second kappa shape index (κ2) is 7.18. The van der Waals surface area contributed by atoms with Crippen molar-refractivity contribution < 1.29 is 13.6 Å². The molecule has 2 rings (SSSR count). The van der Waals surface area contributed by atoms with Crippen LogP contribution in [0.15, 0.2) is 18.2 Å².